The number of hydrogen-bond donors (Lipinski definition) is 1. The molecule has 0 fully saturated rings. The Morgan fingerprint density at radius 1 is 0.867 bits per heavy atom. The monoisotopic (exact) mass is 399 g/mol. The minimum atomic E-state index is -0.581. The SMILES string of the molecule is Cc1cccc([C@H](NC(=O)[C@@H](C)Oc2ccc3c(c2)CCCC3)c2ccccc2)c1. The van der Waals surface area contributed by atoms with Crippen molar-refractivity contribution < 1.29 is 9.53 Å². The summed E-state index contributed by atoms with van der Waals surface area (Å²) in [7, 11) is 0. The van der Waals surface area contributed by atoms with Crippen molar-refractivity contribution in [3.8, 4) is 5.75 Å². The molecule has 0 spiro atoms. The predicted molar refractivity (Wildman–Crippen MR) is 121 cm³/mol. The van der Waals surface area contributed by atoms with Gasteiger partial charge in [0, 0.05) is 0 Å². The van der Waals surface area contributed by atoms with Gasteiger partial charge in [0.25, 0.3) is 5.91 Å². The Morgan fingerprint density at radius 3 is 2.37 bits per heavy atom. The first-order valence-electron chi connectivity index (χ1n) is 10.8. The van der Waals surface area contributed by atoms with E-state index in [1.807, 2.05) is 49.4 Å². The van der Waals surface area contributed by atoms with Crippen molar-refractivity contribution in [1.82, 2.24) is 5.32 Å². The minimum absolute atomic E-state index is 0.122. The van der Waals surface area contributed by atoms with Crippen LogP contribution in [0.25, 0.3) is 0 Å². The van der Waals surface area contributed by atoms with E-state index in [-0.39, 0.29) is 11.9 Å². The van der Waals surface area contributed by atoms with Gasteiger partial charge in [0.05, 0.1) is 6.04 Å². The lowest BCUT2D eigenvalue weighted by Gasteiger charge is -2.23. The maximum atomic E-state index is 13.0. The average molecular weight is 400 g/mol. The quantitative estimate of drug-likeness (QED) is 0.590. The van der Waals surface area contributed by atoms with Crippen LogP contribution in [0.2, 0.25) is 0 Å². The first kappa shape index (κ1) is 20.2. The van der Waals surface area contributed by atoms with Gasteiger partial charge < -0.3 is 10.1 Å². The highest BCUT2D eigenvalue weighted by atomic mass is 16.5. The Balaban J connectivity index is 1.50. The lowest BCUT2D eigenvalue weighted by atomic mass is 9.92. The first-order chi connectivity index (χ1) is 14.6. The van der Waals surface area contributed by atoms with Gasteiger partial charge in [0.1, 0.15) is 5.75 Å². The molecule has 3 aromatic carbocycles. The second-order valence-corrected chi connectivity index (χ2v) is 8.16. The zero-order valence-corrected chi connectivity index (χ0v) is 17.7. The van der Waals surface area contributed by atoms with E-state index in [9.17, 15) is 4.79 Å². The maximum absolute atomic E-state index is 13.0. The molecule has 30 heavy (non-hydrogen) atoms. The van der Waals surface area contributed by atoms with Crippen LogP contribution >= 0.6 is 0 Å². The second-order valence-electron chi connectivity index (χ2n) is 8.16. The molecule has 1 aliphatic carbocycles. The molecule has 2 atom stereocenters. The number of rotatable bonds is 6. The minimum Gasteiger partial charge on any atom is -0.481 e. The molecular formula is C27H29NO2. The molecule has 1 amide bonds. The standard InChI is InChI=1S/C27H29NO2/c1-19-9-8-14-24(17-19)26(22-11-4-3-5-12-22)28-27(29)20(2)30-25-16-15-21-10-6-7-13-23(21)18-25/h3-5,8-9,11-12,14-18,20,26H,6-7,10,13H2,1-2H3,(H,28,29)/t20-,26-/m1/s1. The second kappa shape index (κ2) is 9.17. The third-order valence-electron chi connectivity index (χ3n) is 5.80. The summed E-state index contributed by atoms with van der Waals surface area (Å²) in [6, 6.07) is 24.4. The summed E-state index contributed by atoms with van der Waals surface area (Å²) in [5.74, 6) is 0.646. The van der Waals surface area contributed by atoms with Gasteiger partial charge in [-0.1, -0.05) is 66.2 Å². The molecule has 1 N–H and O–H groups in total. The summed E-state index contributed by atoms with van der Waals surface area (Å²) in [4.78, 5) is 13.0. The highest BCUT2D eigenvalue weighted by molar-refractivity contribution is 5.81. The zero-order valence-electron chi connectivity index (χ0n) is 17.7. The van der Waals surface area contributed by atoms with Gasteiger partial charge in [0.2, 0.25) is 0 Å². The molecule has 4 rings (SSSR count). The normalized spacial score (nSPS) is 15.0. The van der Waals surface area contributed by atoms with E-state index in [2.05, 4.69) is 42.6 Å². The van der Waals surface area contributed by atoms with Crippen molar-refractivity contribution in [2.45, 2.75) is 51.7 Å². The number of hydrogen-bond acceptors (Lipinski definition) is 2. The van der Waals surface area contributed by atoms with Crippen LogP contribution in [0.15, 0.2) is 72.8 Å². The van der Waals surface area contributed by atoms with Crippen molar-refractivity contribution >= 4 is 5.91 Å². The maximum Gasteiger partial charge on any atom is 0.261 e. The van der Waals surface area contributed by atoms with Gasteiger partial charge >= 0.3 is 0 Å². The van der Waals surface area contributed by atoms with Crippen LogP contribution in [0.5, 0.6) is 5.75 Å². The smallest absolute Gasteiger partial charge is 0.261 e. The molecule has 3 heteroatoms. The van der Waals surface area contributed by atoms with Gasteiger partial charge in [-0.25, -0.2) is 0 Å². The number of aryl methyl sites for hydroxylation is 3. The van der Waals surface area contributed by atoms with Gasteiger partial charge in [0.15, 0.2) is 6.10 Å². The van der Waals surface area contributed by atoms with Crippen LogP contribution in [0, 0.1) is 6.92 Å². The van der Waals surface area contributed by atoms with Crippen LogP contribution in [0.4, 0.5) is 0 Å². The van der Waals surface area contributed by atoms with Crippen molar-refractivity contribution in [1.29, 1.82) is 0 Å². The molecule has 0 aliphatic heterocycles. The molecule has 154 valence electrons. The Bertz CT molecular complexity index is 1010. The highest BCUT2D eigenvalue weighted by Crippen LogP contribution is 2.27. The number of ether oxygens (including phenoxy) is 1. The third kappa shape index (κ3) is 4.73. The molecule has 0 bridgehead atoms. The Morgan fingerprint density at radius 2 is 1.60 bits per heavy atom. The van der Waals surface area contributed by atoms with Crippen LogP contribution in [-0.4, -0.2) is 12.0 Å². The number of amides is 1. The third-order valence-corrected chi connectivity index (χ3v) is 5.80. The molecule has 0 saturated heterocycles. The van der Waals surface area contributed by atoms with Gasteiger partial charge in [-0.05, 0) is 73.9 Å². The number of nitrogens with one attached hydrogen (secondary N) is 1. The van der Waals surface area contributed by atoms with E-state index in [4.69, 9.17) is 4.74 Å². The van der Waals surface area contributed by atoms with E-state index < -0.39 is 6.10 Å². The molecule has 0 aromatic heterocycles. The lowest BCUT2D eigenvalue weighted by molar-refractivity contribution is -0.127. The molecule has 3 nitrogen and oxygen atoms in total. The Labute approximate surface area is 179 Å². The van der Waals surface area contributed by atoms with E-state index in [1.54, 1.807) is 0 Å². The van der Waals surface area contributed by atoms with Crippen molar-refractivity contribution in [2.75, 3.05) is 0 Å². The molecule has 0 unspecified atom stereocenters. The fourth-order valence-corrected chi connectivity index (χ4v) is 4.15. The van der Waals surface area contributed by atoms with Crippen LogP contribution < -0.4 is 10.1 Å². The summed E-state index contributed by atoms with van der Waals surface area (Å²) in [6.07, 6.45) is 4.13. The highest BCUT2D eigenvalue weighted by Gasteiger charge is 2.22. The molecule has 3 aromatic rings. The fraction of sp³-hybridized carbons (Fsp3) is 0.296. The van der Waals surface area contributed by atoms with Crippen LogP contribution in [0.3, 0.4) is 0 Å². The Hall–Kier alpha value is -3.07. The topological polar surface area (TPSA) is 38.3 Å². The summed E-state index contributed by atoms with van der Waals surface area (Å²) >= 11 is 0. The molecular weight excluding hydrogens is 370 g/mol. The molecule has 0 radical (unpaired) electrons. The van der Waals surface area contributed by atoms with Crippen molar-refractivity contribution in [3.63, 3.8) is 0 Å². The van der Waals surface area contributed by atoms with Gasteiger partial charge in [-0.2, -0.15) is 0 Å². The van der Waals surface area contributed by atoms with Crippen molar-refractivity contribution in [2.24, 2.45) is 0 Å². The fourth-order valence-electron chi connectivity index (χ4n) is 4.15. The first-order valence-corrected chi connectivity index (χ1v) is 10.8. The van der Waals surface area contributed by atoms with Gasteiger partial charge in [-0.3, -0.25) is 4.79 Å². The summed E-state index contributed by atoms with van der Waals surface area (Å²) in [5.41, 5.74) is 6.05. The Kier molecular flexibility index (Phi) is 6.18. The molecule has 0 heterocycles. The summed E-state index contributed by atoms with van der Waals surface area (Å²) in [5, 5.41) is 3.20. The number of benzene rings is 3. The van der Waals surface area contributed by atoms with E-state index in [0.29, 0.717) is 0 Å². The van der Waals surface area contributed by atoms with E-state index in [1.165, 1.54) is 29.5 Å². The van der Waals surface area contributed by atoms with Crippen molar-refractivity contribution in [3.05, 3.63) is 101 Å². The molecule has 1 aliphatic rings. The van der Waals surface area contributed by atoms with Crippen LogP contribution in [0.1, 0.15) is 53.6 Å². The lowest BCUT2D eigenvalue weighted by Crippen LogP contribution is -2.39. The van der Waals surface area contributed by atoms with E-state index in [0.717, 1.165) is 29.7 Å². The summed E-state index contributed by atoms with van der Waals surface area (Å²) < 4.78 is 6.03. The van der Waals surface area contributed by atoms with E-state index >= 15 is 0 Å². The number of carbonyl (C=O) groups is 1. The molecule has 0 saturated carbocycles. The largest absolute Gasteiger partial charge is 0.481 e. The predicted octanol–water partition coefficient (Wildman–Crippen LogP) is 5.55. The number of fused-ring (bicyclic) bond motifs is 1. The van der Waals surface area contributed by atoms with Crippen LogP contribution in [-0.2, 0) is 17.6 Å². The zero-order chi connectivity index (χ0) is 20.9. The number of carbonyl (C=O) groups excluding carboxylic acids is 1. The summed E-state index contributed by atoms with van der Waals surface area (Å²) in [6.45, 7) is 3.88. The average Bonchev–Trinajstić information content (AvgIpc) is 2.77. The van der Waals surface area contributed by atoms with Gasteiger partial charge in [-0.15, -0.1) is 0 Å².